The summed E-state index contributed by atoms with van der Waals surface area (Å²) in [5, 5.41) is 8.08. The van der Waals surface area contributed by atoms with Gasteiger partial charge in [-0.05, 0) is 35.9 Å². The summed E-state index contributed by atoms with van der Waals surface area (Å²) < 4.78 is 11.9. The van der Waals surface area contributed by atoms with Crippen LogP contribution in [0.2, 0.25) is 5.02 Å². The number of benzene rings is 2. The first-order valence-electron chi connectivity index (χ1n) is 9.49. The van der Waals surface area contributed by atoms with E-state index in [-0.39, 0.29) is 11.9 Å². The molecule has 0 saturated carbocycles. The Bertz CT molecular complexity index is 1220. The van der Waals surface area contributed by atoms with Crippen molar-refractivity contribution in [3.05, 3.63) is 89.2 Å². The summed E-state index contributed by atoms with van der Waals surface area (Å²) >= 11 is 6.24. The fraction of sp³-hybridized carbons (Fsp3) is 0.0870. The molecule has 4 aromatic rings. The molecule has 0 bridgehead atoms. The minimum atomic E-state index is -0.377. The van der Waals surface area contributed by atoms with Crippen molar-refractivity contribution < 1.29 is 13.9 Å². The number of para-hydroxylation sites is 1. The monoisotopic (exact) mass is 434 g/mol. The zero-order valence-corrected chi connectivity index (χ0v) is 17.4. The second kappa shape index (κ2) is 9.32. The smallest absolute Gasteiger partial charge is 0.274 e. The lowest BCUT2D eigenvalue weighted by atomic mass is 10.2. The number of hydrogen-bond acceptors (Lipinski definition) is 6. The molecule has 2 heterocycles. The SMILES string of the molecule is COc1ccccc1C=CC(=O)n1nc(-c2ccco2)nc1NCc1ccccc1Cl. The van der Waals surface area contributed by atoms with E-state index in [0.29, 0.717) is 28.9 Å². The standard InChI is InChI=1S/C23H19ClN4O3/c1-30-19-10-5-3-7-16(19)12-13-21(29)28-23(25-15-17-8-2-4-9-18(17)24)26-22(27-28)20-11-6-14-31-20/h2-14H,15H2,1H3,(H,25,26,27). The maximum absolute atomic E-state index is 12.9. The summed E-state index contributed by atoms with van der Waals surface area (Å²) in [7, 11) is 1.58. The van der Waals surface area contributed by atoms with Crippen LogP contribution in [0.25, 0.3) is 17.7 Å². The van der Waals surface area contributed by atoms with Crippen LogP contribution in [0.15, 0.2) is 77.4 Å². The van der Waals surface area contributed by atoms with Gasteiger partial charge in [0.1, 0.15) is 5.75 Å². The molecular formula is C23H19ClN4O3. The molecule has 0 unspecified atom stereocenters. The normalized spacial score (nSPS) is 11.0. The van der Waals surface area contributed by atoms with Gasteiger partial charge in [-0.2, -0.15) is 9.67 Å². The fourth-order valence-corrected chi connectivity index (χ4v) is 3.14. The summed E-state index contributed by atoms with van der Waals surface area (Å²) in [5.74, 6) is 1.32. The molecule has 1 N–H and O–H groups in total. The van der Waals surface area contributed by atoms with Gasteiger partial charge in [-0.3, -0.25) is 4.79 Å². The number of carbonyl (C=O) groups excluding carboxylic acids is 1. The minimum absolute atomic E-state index is 0.279. The highest BCUT2D eigenvalue weighted by Gasteiger charge is 2.17. The zero-order chi connectivity index (χ0) is 21.6. The second-order valence-electron chi connectivity index (χ2n) is 6.51. The molecule has 0 saturated heterocycles. The predicted octanol–water partition coefficient (Wildman–Crippen LogP) is 5.17. The lowest BCUT2D eigenvalue weighted by Crippen LogP contribution is -2.14. The molecule has 0 radical (unpaired) electrons. The minimum Gasteiger partial charge on any atom is -0.496 e. The second-order valence-corrected chi connectivity index (χ2v) is 6.91. The van der Waals surface area contributed by atoms with E-state index < -0.39 is 0 Å². The van der Waals surface area contributed by atoms with E-state index in [1.165, 1.54) is 17.0 Å². The van der Waals surface area contributed by atoms with Gasteiger partial charge in [0.2, 0.25) is 11.8 Å². The molecule has 0 spiro atoms. The Kier molecular flexibility index (Phi) is 6.14. The Morgan fingerprint density at radius 3 is 2.74 bits per heavy atom. The van der Waals surface area contributed by atoms with Gasteiger partial charge in [0.15, 0.2) is 5.76 Å². The quantitative estimate of drug-likeness (QED) is 0.404. The summed E-state index contributed by atoms with van der Waals surface area (Å²) in [4.78, 5) is 17.4. The Balaban J connectivity index is 1.62. The molecule has 7 nitrogen and oxygen atoms in total. The average Bonchev–Trinajstić information content (AvgIpc) is 3.47. The third kappa shape index (κ3) is 4.67. The first kappa shape index (κ1) is 20.4. The number of ether oxygens (including phenoxy) is 1. The Morgan fingerprint density at radius 2 is 1.97 bits per heavy atom. The van der Waals surface area contributed by atoms with Crippen molar-refractivity contribution in [2.45, 2.75) is 6.54 Å². The van der Waals surface area contributed by atoms with Gasteiger partial charge in [-0.15, -0.1) is 5.10 Å². The van der Waals surface area contributed by atoms with Crippen molar-refractivity contribution in [2.24, 2.45) is 0 Å². The van der Waals surface area contributed by atoms with E-state index in [4.69, 9.17) is 20.8 Å². The number of nitrogens with zero attached hydrogens (tertiary/aromatic N) is 3. The highest BCUT2D eigenvalue weighted by atomic mass is 35.5. The van der Waals surface area contributed by atoms with Gasteiger partial charge in [-0.1, -0.05) is 48.0 Å². The van der Waals surface area contributed by atoms with Crippen LogP contribution in [0.1, 0.15) is 15.9 Å². The molecule has 0 aliphatic rings. The van der Waals surface area contributed by atoms with Crippen LogP contribution in [0.3, 0.4) is 0 Å². The third-order valence-electron chi connectivity index (χ3n) is 4.50. The van der Waals surface area contributed by atoms with Gasteiger partial charge in [0, 0.05) is 23.2 Å². The van der Waals surface area contributed by atoms with Crippen molar-refractivity contribution in [3.63, 3.8) is 0 Å². The Labute approximate surface area is 183 Å². The van der Waals surface area contributed by atoms with E-state index in [1.54, 1.807) is 31.4 Å². The van der Waals surface area contributed by atoms with Crippen molar-refractivity contribution in [3.8, 4) is 17.3 Å². The van der Waals surface area contributed by atoms with Crippen LogP contribution >= 0.6 is 11.6 Å². The van der Waals surface area contributed by atoms with Crippen LogP contribution in [-0.2, 0) is 6.54 Å². The molecule has 31 heavy (non-hydrogen) atoms. The first-order valence-corrected chi connectivity index (χ1v) is 9.87. The van der Waals surface area contributed by atoms with Crippen molar-refractivity contribution in [1.29, 1.82) is 0 Å². The number of carbonyl (C=O) groups is 1. The maximum Gasteiger partial charge on any atom is 0.274 e. The molecule has 0 aliphatic heterocycles. The van der Waals surface area contributed by atoms with E-state index in [9.17, 15) is 4.79 Å². The van der Waals surface area contributed by atoms with Gasteiger partial charge >= 0.3 is 0 Å². The molecule has 156 valence electrons. The predicted molar refractivity (Wildman–Crippen MR) is 119 cm³/mol. The van der Waals surface area contributed by atoms with E-state index in [2.05, 4.69) is 15.4 Å². The number of allylic oxidation sites excluding steroid dienone is 1. The lowest BCUT2D eigenvalue weighted by Gasteiger charge is -2.07. The molecule has 0 aliphatic carbocycles. The van der Waals surface area contributed by atoms with Gasteiger partial charge < -0.3 is 14.5 Å². The Hall–Kier alpha value is -3.84. The van der Waals surface area contributed by atoms with Crippen LogP contribution in [-0.4, -0.2) is 27.8 Å². The van der Waals surface area contributed by atoms with E-state index >= 15 is 0 Å². The first-order chi connectivity index (χ1) is 15.2. The zero-order valence-electron chi connectivity index (χ0n) is 16.7. The number of nitrogens with one attached hydrogen (secondary N) is 1. The van der Waals surface area contributed by atoms with Gasteiger partial charge in [-0.25, -0.2) is 0 Å². The molecule has 8 heteroatoms. The summed E-state index contributed by atoms with van der Waals surface area (Å²) in [5.41, 5.74) is 1.64. The van der Waals surface area contributed by atoms with Crippen molar-refractivity contribution >= 4 is 29.5 Å². The van der Waals surface area contributed by atoms with E-state index in [1.807, 2.05) is 42.5 Å². The number of anilines is 1. The highest BCUT2D eigenvalue weighted by molar-refractivity contribution is 6.31. The molecule has 2 aromatic carbocycles. The number of furan rings is 1. The molecular weight excluding hydrogens is 416 g/mol. The Morgan fingerprint density at radius 1 is 1.16 bits per heavy atom. The van der Waals surface area contributed by atoms with Gasteiger partial charge in [0.05, 0.1) is 13.4 Å². The number of rotatable bonds is 7. The molecule has 0 fully saturated rings. The molecule has 0 atom stereocenters. The molecule has 4 rings (SSSR count). The third-order valence-corrected chi connectivity index (χ3v) is 4.87. The van der Waals surface area contributed by atoms with E-state index in [0.717, 1.165) is 11.1 Å². The largest absolute Gasteiger partial charge is 0.496 e. The van der Waals surface area contributed by atoms with Crippen molar-refractivity contribution in [1.82, 2.24) is 14.8 Å². The number of hydrogen-bond donors (Lipinski definition) is 1. The number of halogens is 1. The summed E-state index contributed by atoms with van der Waals surface area (Å²) in [6.45, 7) is 0.374. The average molecular weight is 435 g/mol. The summed E-state index contributed by atoms with van der Waals surface area (Å²) in [6.07, 6.45) is 4.61. The number of methoxy groups -OCH3 is 1. The fourth-order valence-electron chi connectivity index (χ4n) is 2.94. The highest BCUT2D eigenvalue weighted by Crippen LogP contribution is 2.22. The summed E-state index contributed by atoms with van der Waals surface area (Å²) in [6, 6.07) is 18.3. The molecule has 0 amide bonds. The van der Waals surface area contributed by atoms with Gasteiger partial charge in [0.25, 0.3) is 5.91 Å². The van der Waals surface area contributed by atoms with Crippen LogP contribution in [0.5, 0.6) is 5.75 Å². The van der Waals surface area contributed by atoms with Crippen LogP contribution < -0.4 is 10.1 Å². The number of aromatic nitrogens is 3. The van der Waals surface area contributed by atoms with Crippen LogP contribution in [0, 0.1) is 0 Å². The lowest BCUT2D eigenvalue weighted by molar-refractivity contribution is 0.0957. The van der Waals surface area contributed by atoms with Crippen LogP contribution in [0.4, 0.5) is 5.95 Å². The van der Waals surface area contributed by atoms with Crippen molar-refractivity contribution in [2.75, 3.05) is 12.4 Å². The maximum atomic E-state index is 12.9. The molecule has 2 aromatic heterocycles. The topological polar surface area (TPSA) is 82.2 Å².